The van der Waals surface area contributed by atoms with Gasteiger partial charge in [-0.05, 0) is 6.92 Å². The number of nitrogens with two attached hydrogens (primary N) is 1. The number of amidine groups is 1. The fourth-order valence-corrected chi connectivity index (χ4v) is 1.36. The molecule has 0 aromatic carbocycles. The van der Waals surface area contributed by atoms with E-state index in [0.717, 1.165) is 17.8 Å². The van der Waals surface area contributed by atoms with Crippen molar-refractivity contribution in [3.05, 3.63) is 17.6 Å². The average Bonchev–Trinajstić information content (AvgIpc) is 2.07. The summed E-state index contributed by atoms with van der Waals surface area (Å²) in [6.07, 6.45) is 1.69. The zero-order chi connectivity index (χ0) is 8.55. The highest BCUT2D eigenvalue weighted by Gasteiger charge is 2.14. The topological polar surface area (TPSA) is 76.2 Å². The van der Waals surface area contributed by atoms with Crippen LogP contribution in [0.2, 0.25) is 0 Å². The Kier molecular flexibility index (Phi) is 1.61. The smallest absolute Gasteiger partial charge is 0.167 e. The molecule has 0 aliphatic carbocycles. The fraction of sp³-hybridized carbons (Fsp3) is 0.167. The molecule has 0 fully saturated rings. The molecule has 0 bridgehead atoms. The third-order valence-corrected chi connectivity index (χ3v) is 1.99. The van der Waals surface area contributed by atoms with Gasteiger partial charge in [-0.2, -0.15) is 4.40 Å². The molecule has 2 rings (SSSR count). The molecular weight excluding hydrogens is 174 g/mol. The predicted octanol–water partition coefficient (Wildman–Crippen LogP) is 0.479. The van der Waals surface area contributed by atoms with Gasteiger partial charge in [0.2, 0.25) is 0 Å². The summed E-state index contributed by atoms with van der Waals surface area (Å²) in [5.74, 6) is 1.10. The summed E-state index contributed by atoms with van der Waals surface area (Å²) in [6.45, 7) is 1.86. The maximum Gasteiger partial charge on any atom is 0.167 e. The van der Waals surface area contributed by atoms with Crippen molar-refractivity contribution in [2.45, 2.75) is 6.92 Å². The van der Waals surface area contributed by atoms with Crippen LogP contribution in [0.5, 0.6) is 0 Å². The first kappa shape index (κ1) is 7.35. The first-order chi connectivity index (χ1) is 5.77. The van der Waals surface area contributed by atoms with Gasteiger partial charge in [-0.25, -0.2) is 9.97 Å². The molecule has 5 nitrogen and oxygen atoms in total. The molecule has 0 spiro atoms. The first-order valence-electron chi connectivity index (χ1n) is 3.37. The van der Waals surface area contributed by atoms with Gasteiger partial charge in [0.25, 0.3) is 0 Å². The van der Waals surface area contributed by atoms with E-state index in [0.29, 0.717) is 17.3 Å². The highest BCUT2D eigenvalue weighted by Crippen LogP contribution is 2.20. The molecule has 2 heterocycles. The van der Waals surface area contributed by atoms with Crippen LogP contribution in [0.3, 0.4) is 0 Å². The molecule has 0 amide bonds. The Labute approximate surface area is 73.8 Å². The SMILES string of the molecule is Cc1cnc2c(n1)C(N)=NSN2. The molecule has 0 unspecified atom stereocenters. The number of hydrogen-bond acceptors (Lipinski definition) is 6. The number of nitrogens with zero attached hydrogens (tertiary/aromatic N) is 3. The van der Waals surface area contributed by atoms with E-state index in [1.54, 1.807) is 6.20 Å². The summed E-state index contributed by atoms with van der Waals surface area (Å²) >= 11 is 1.16. The highest BCUT2D eigenvalue weighted by molar-refractivity contribution is 7.99. The molecule has 1 aliphatic heterocycles. The molecule has 12 heavy (non-hydrogen) atoms. The lowest BCUT2D eigenvalue weighted by atomic mass is 10.3. The average molecular weight is 181 g/mol. The maximum absolute atomic E-state index is 5.60. The zero-order valence-electron chi connectivity index (χ0n) is 6.40. The Balaban J connectivity index is 2.58. The van der Waals surface area contributed by atoms with Crippen LogP contribution < -0.4 is 10.5 Å². The monoisotopic (exact) mass is 181 g/mol. The van der Waals surface area contributed by atoms with Crippen LogP contribution in [-0.2, 0) is 0 Å². The Morgan fingerprint density at radius 1 is 1.58 bits per heavy atom. The van der Waals surface area contributed by atoms with E-state index >= 15 is 0 Å². The molecule has 0 saturated heterocycles. The van der Waals surface area contributed by atoms with Crippen molar-refractivity contribution in [3.8, 4) is 0 Å². The van der Waals surface area contributed by atoms with Gasteiger partial charge < -0.3 is 5.73 Å². The van der Waals surface area contributed by atoms with E-state index in [-0.39, 0.29) is 0 Å². The quantitative estimate of drug-likeness (QED) is 0.569. The molecule has 6 heteroatoms. The Bertz CT molecular complexity index is 348. The van der Waals surface area contributed by atoms with E-state index < -0.39 is 0 Å². The number of rotatable bonds is 0. The summed E-state index contributed by atoms with van der Waals surface area (Å²) in [5.41, 5.74) is 7.07. The maximum atomic E-state index is 5.60. The van der Waals surface area contributed by atoms with Crippen LogP contribution in [0.25, 0.3) is 0 Å². The van der Waals surface area contributed by atoms with Gasteiger partial charge in [0.05, 0.1) is 24.0 Å². The van der Waals surface area contributed by atoms with Crippen LogP contribution >= 0.6 is 12.1 Å². The van der Waals surface area contributed by atoms with Crippen molar-refractivity contribution < 1.29 is 0 Å². The lowest BCUT2D eigenvalue weighted by Crippen LogP contribution is -2.20. The molecule has 3 N–H and O–H groups in total. The van der Waals surface area contributed by atoms with Gasteiger partial charge in [0.1, 0.15) is 5.69 Å². The Morgan fingerprint density at radius 3 is 3.25 bits per heavy atom. The van der Waals surface area contributed by atoms with Gasteiger partial charge in [-0.15, -0.1) is 0 Å². The minimum absolute atomic E-state index is 0.421. The fourth-order valence-electron chi connectivity index (χ4n) is 0.889. The van der Waals surface area contributed by atoms with Gasteiger partial charge in [0, 0.05) is 0 Å². The number of nitrogens with one attached hydrogen (secondary N) is 1. The van der Waals surface area contributed by atoms with E-state index in [9.17, 15) is 0 Å². The van der Waals surface area contributed by atoms with Crippen molar-refractivity contribution in [3.63, 3.8) is 0 Å². The number of aromatic nitrogens is 2. The number of anilines is 1. The summed E-state index contributed by atoms with van der Waals surface area (Å²) < 4.78 is 6.81. The van der Waals surface area contributed by atoms with Crippen LogP contribution in [0.15, 0.2) is 10.6 Å². The molecule has 0 radical (unpaired) electrons. The van der Waals surface area contributed by atoms with Crippen LogP contribution in [0, 0.1) is 6.92 Å². The van der Waals surface area contributed by atoms with Crippen molar-refractivity contribution in [1.29, 1.82) is 0 Å². The summed E-state index contributed by atoms with van der Waals surface area (Å²) in [6, 6.07) is 0. The number of aryl methyl sites for hydroxylation is 1. The summed E-state index contributed by atoms with van der Waals surface area (Å²) in [5, 5.41) is 0. The molecular formula is C6H7N5S. The molecule has 62 valence electrons. The third-order valence-electron chi connectivity index (χ3n) is 1.42. The highest BCUT2D eigenvalue weighted by atomic mass is 32.2. The summed E-state index contributed by atoms with van der Waals surface area (Å²) in [4.78, 5) is 8.31. The molecule has 1 aromatic heterocycles. The van der Waals surface area contributed by atoms with Gasteiger partial charge in [-0.3, -0.25) is 4.72 Å². The predicted molar refractivity (Wildman–Crippen MR) is 48.7 cm³/mol. The second kappa shape index (κ2) is 2.63. The minimum atomic E-state index is 0.421. The third kappa shape index (κ3) is 1.10. The standard InChI is InChI=1S/C6H7N5S/c1-3-2-8-6-4(9-3)5(7)10-12-11-6/h2H,1H3,(H2,7,10)(H,8,11). The first-order valence-corrected chi connectivity index (χ1v) is 4.14. The van der Waals surface area contributed by atoms with Crippen molar-refractivity contribution >= 4 is 23.8 Å². The van der Waals surface area contributed by atoms with Crippen LogP contribution in [0.1, 0.15) is 11.4 Å². The minimum Gasteiger partial charge on any atom is -0.381 e. The number of hydrogen-bond donors (Lipinski definition) is 2. The van der Waals surface area contributed by atoms with E-state index in [4.69, 9.17) is 5.73 Å². The second-order valence-electron chi connectivity index (χ2n) is 2.38. The molecule has 1 aliphatic rings. The normalized spacial score (nSPS) is 14.6. The van der Waals surface area contributed by atoms with E-state index in [1.165, 1.54) is 0 Å². The van der Waals surface area contributed by atoms with Crippen molar-refractivity contribution in [2.75, 3.05) is 4.72 Å². The van der Waals surface area contributed by atoms with Crippen molar-refractivity contribution in [1.82, 2.24) is 9.97 Å². The number of fused-ring (bicyclic) bond motifs is 1. The largest absolute Gasteiger partial charge is 0.381 e. The van der Waals surface area contributed by atoms with Crippen molar-refractivity contribution in [2.24, 2.45) is 10.1 Å². The van der Waals surface area contributed by atoms with Gasteiger partial charge in [0.15, 0.2) is 11.7 Å². The van der Waals surface area contributed by atoms with E-state index in [1.807, 2.05) is 6.92 Å². The zero-order valence-corrected chi connectivity index (χ0v) is 7.22. The Morgan fingerprint density at radius 2 is 2.42 bits per heavy atom. The van der Waals surface area contributed by atoms with Crippen LogP contribution in [0.4, 0.5) is 5.82 Å². The lowest BCUT2D eigenvalue weighted by molar-refractivity contribution is 1.10. The second-order valence-corrected chi connectivity index (χ2v) is 2.95. The summed E-state index contributed by atoms with van der Waals surface area (Å²) in [7, 11) is 0. The molecule has 0 atom stereocenters. The van der Waals surface area contributed by atoms with Gasteiger partial charge >= 0.3 is 0 Å². The van der Waals surface area contributed by atoms with Gasteiger partial charge in [-0.1, -0.05) is 0 Å². The molecule has 0 saturated carbocycles. The van der Waals surface area contributed by atoms with E-state index in [2.05, 4.69) is 19.1 Å². The Hall–Kier alpha value is -1.30. The lowest BCUT2D eigenvalue weighted by Gasteiger charge is -2.11. The molecule has 1 aromatic rings. The van der Waals surface area contributed by atoms with Crippen LogP contribution in [-0.4, -0.2) is 15.8 Å².